The lowest BCUT2D eigenvalue weighted by Gasteiger charge is -2.30. The highest BCUT2D eigenvalue weighted by Gasteiger charge is 2.26. The molecule has 0 bridgehead atoms. The molecule has 0 unspecified atom stereocenters. The maximum atomic E-state index is 13.5. The lowest BCUT2D eigenvalue weighted by Crippen LogP contribution is -2.46. The zero-order valence-electron chi connectivity index (χ0n) is 14.4. The molecule has 0 aliphatic heterocycles. The molecule has 0 aromatic heterocycles. The smallest absolute Gasteiger partial charge is 0.317 e. The van der Waals surface area contributed by atoms with E-state index in [1.54, 1.807) is 0 Å². The molecule has 0 radical (unpaired) electrons. The van der Waals surface area contributed by atoms with Gasteiger partial charge in [0.25, 0.3) is 5.91 Å². The molecule has 138 valence electrons. The van der Waals surface area contributed by atoms with E-state index in [4.69, 9.17) is 4.74 Å². The molecule has 0 saturated heterocycles. The van der Waals surface area contributed by atoms with Crippen molar-refractivity contribution in [3.63, 3.8) is 0 Å². The molecule has 1 aromatic carbocycles. The Balaban J connectivity index is 1.79. The molecular weight excluding hydrogens is 348 g/mol. The van der Waals surface area contributed by atoms with Crippen LogP contribution in [-0.4, -0.2) is 29.8 Å². The van der Waals surface area contributed by atoms with Crippen LogP contribution in [0.1, 0.15) is 39.5 Å². The Morgan fingerprint density at radius 3 is 2.76 bits per heavy atom. The lowest BCUT2D eigenvalue weighted by atomic mass is 9.86. The number of thioether (sulfide) groups is 1. The topological polar surface area (TPSA) is 55.4 Å². The van der Waals surface area contributed by atoms with Crippen molar-refractivity contribution in [3.05, 3.63) is 29.8 Å². The first-order valence-electron chi connectivity index (χ1n) is 8.44. The number of amides is 1. The molecule has 25 heavy (non-hydrogen) atoms. The van der Waals surface area contributed by atoms with Crippen molar-refractivity contribution in [2.75, 3.05) is 5.75 Å². The monoisotopic (exact) mass is 371 g/mol. The van der Waals surface area contributed by atoms with E-state index in [9.17, 15) is 18.4 Å². The van der Waals surface area contributed by atoms with Gasteiger partial charge in [-0.15, -0.1) is 11.8 Å². The number of benzene rings is 1. The molecule has 4 nitrogen and oxygen atoms in total. The molecule has 1 saturated carbocycles. The predicted octanol–water partition coefficient (Wildman–Crippen LogP) is 3.68. The summed E-state index contributed by atoms with van der Waals surface area (Å²) in [6.07, 6.45) is 3.35. The standard InChI is InChI=1S/C18H23F2NO3S/c1-11-5-3-4-6-15(11)21-18(23)12(2)24-17(22)10-25-16-9-13(19)7-8-14(16)20/h7-9,11-12,15H,3-6,10H2,1-2H3,(H,21,23)/t11-,12-,15-/m1/s1. The molecular formula is C18H23F2NO3S. The second-order valence-electron chi connectivity index (χ2n) is 6.37. The normalized spacial score (nSPS) is 21.4. The van der Waals surface area contributed by atoms with Crippen molar-refractivity contribution in [1.29, 1.82) is 0 Å². The number of rotatable bonds is 6. The Hall–Kier alpha value is -1.63. The van der Waals surface area contributed by atoms with Gasteiger partial charge in [0.05, 0.1) is 5.75 Å². The number of carbonyl (C=O) groups is 2. The van der Waals surface area contributed by atoms with Gasteiger partial charge >= 0.3 is 5.97 Å². The minimum absolute atomic E-state index is 0.0325. The van der Waals surface area contributed by atoms with Crippen LogP contribution in [0.5, 0.6) is 0 Å². The number of hydrogen-bond acceptors (Lipinski definition) is 4. The first-order valence-corrected chi connectivity index (χ1v) is 9.43. The Labute approximate surface area is 150 Å². The van der Waals surface area contributed by atoms with E-state index >= 15 is 0 Å². The first-order chi connectivity index (χ1) is 11.9. The van der Waals surface area contributed by atoms with Crippen LogP contribution in [0, 0.1) is 17.6 Å². The van der Waals surface area contributed by atoms with E-state index in [2.05, 4.69) is 12.2 Å². The van der Waals surface area contributed by atoms with Crippen LogP contribution in [0.15, 0.2) is 23.1 Å². The Morgan fingerprint density at radius 1 is 1.32 bits per heavy atom. The zero-order chi connectivity index (χ0) is 18.4. The number of carbonyl (C=O) groups excluding carboxylic acids is 2. The highest BCUT2D eigenvalue weighted by Crippen LogP contribution is 2.24. The van der Waals surface area contributed by atoms with E-state index in [0.717, 1.165) is 49.2 Å². The first kappa shape index (κ1) is 19.7. The average Bonchev–Trinajstić information content (AvgIpc) is 2.57. The van der Waals surface area contributed by atoms with Crippen LogP contribution < -0.4 is 5.32 Å². The molecule has 1 N–H and O–H groups in total. The van der Waals surface area contributed by atoms with Crippen molar-refractivity contribution < 1.29 is 23.1 Å². The van der Waals surface area contributed by atoms with Crippen LogP contribution >= 0.6 is 11.8 Å². The zero-order valence-corrected chi connectivity index (χ0v) is 15.2. The van der Waals surface area contributed by atoms with Gasteiger partial charge in [0, 0.05) is 10.9 Å². The minimum atomic E-state index is -0.917. The number of esters is 1. The summed E-state index contributed by atoms with van der Waals surface area (Å²) in [6, 6.07) is 3.15. The summed E-state index contributed by atoms with van der Waals surface area (Å²) in [5.41, 5.74) is 0. The van der Waals surface area contributed by atoms with Crippen molar-refractivity contribution >= 4 is 23.6 Å². The number of nitrogens with one attached hydrogen (secondary N) is 1. The summed E-state index contributed by atoms with van der Waals surface area (Å²) in [5.74, 6) is -1.94. The predicted molar refractivity (Wildman–Crippen MR) is 92.2 cm³/mol. The molecule has 1 amide bonds. The third-order valence-electron chi connectivity index (χ3n) is 4.36. The van der Waals surface area contributed by atoms with E-state index in [-0.39, 0.29) is 22.6 Å². The van der Waals surface area contributed by atoms with Crippen LogP contribution in [0.3, 0.4) is 0 Å². The molecule has 0 spiro atoms. The van der Waals surface area contributed by atoms with Crippen LogP contribution in [-0.2, 0) is 14.3 Å². The third-order valence-corrected chi connectivity index (χ3v) is 5.36. The fraction of sp³-hybridized carbons (Fsp3) is 0.556. The van der Waals surface area contributed by atoms with Gasteiger partial charge in [-0.3, -0.25) is 9.59 Å². The van der Waals surface area contributed by atoms with Gasteiger partial charge in [-0.05, 0) is 43.9 Å². The van der Waals surface area contributed by atoms with Gasteiger partial charge in [-0.2, -0.15) is 0 Å². The number of hydrogen-bond donors (Lipinski definition) is 1. The summed E-state index contributed by atoms with van der Waals surface area (Å²) in [5, 5.41) is 2.93. The summed E-state index contributed by atoms with van der Waals surface area (Å²) in [7, 11) is 0. The van der Waals surface area contributed by atoms with Gasteiger partial charge in [-0.1, -0.05) is 19.8 Å². The third kappa shape index (κ3) is 5.99. The maximum absolute atomic E-state index is 13.5. The summed E-state index contributed by atoms with van der Waals surface area (Å²) < 4.78 is 31.7. The molecule has 1 aromatic rings. The van der Waals surface area contributed by atoms with Gasteiger partial charge in [0.15, 0.2) is 6.10 Å². The Morgan fingerprint density at radius 2 is 2.04 bits per heavy atom. The van der Waals surface area contributed by atoms with Crippen LogP contribution in [0.4, 0.5) is 8.78 Å². The van der Waals surface area contributed by atoms with Crippen molar-refractivity contribution in [1.82, 2.24) is 5.32 Å². The minimum Gasteiger partial charge on any atom is -0.452 e. The van der Waals surface area contributed by atoms with Gasteiger partial charge in [0.1, 0.15) is 11.6 Å². The second kappa shape index (κ2) is 9.17. The van der Waals surface area contributed by atoms with Gasteiger partial charge < -0.3 is 10.1 Å². The van der Waals surface area contributed by atoms with E-state index in [0.29, 0.717) is 5.92 Å². The molecule has 1 fully saturated rings. The molecule has 0 heterocycles. The van der Waals surface area contributed by atoms with Crippen LogP contribution in [0.2, 0.25) is 0 Å². The van der Waals surface area contributed by atoms with Crippen molar-refractivity contribution in [2.24, 2.45) is 5.92 Å². The fourth-order valence-electron chi connectivity index (χ4n) is 2.84. The summed E-state index contributed by atoms with van der Waals surface area (Å²) >= 11 is 0.838. The van der Waals surface area contributed by atoms with E-state index < -0.39 is 23.7 Å². The highest BCUT2D eigenvalue weighted by molar-refractivity contribution is 8.00. The quantitative estimate of drug-likeness (QED) is 0.612. The largest absolute Gasteiger partial charge is 0.452 e. The number of halogens is 2. The van der Waals surface area contributed by atoms with Gasteiger partial charge in [0.2, 0.25) is 0 Å². The van der Waals surface area contributed by atoms with Crippen LogP contribution in [0.25, 0.3) is 0 Å². The summed E-state index contributed by atoms with van der Waals surface area (Å²) in [4.78, 5) is 24.0. The molecule has 7 heteroatoms. The SMILES string of the molecule is C[C@@H]1CCCC[C@H]1NC(=O)[C@@H](C)OC(=O)CSc1cc(F)ccc1F. The van der Waals surface area contributed by atoms with E-state index in [1.165, 1.54) is 13.3 Å². The molecule has 1 aliphatic carbocycles. The highest BCUT2D eigenvalue weighted by atomic mass is 32.2. The number of ether oxygens (including phenoxy) is 1. The fourth-order valence-corrected chi connectivity index (χ4v) is 3.58. The molecule has 3 atom stereocenters. The molecule has 2 rings (SSSR count). The van der Waals surface area contributed by atoms with Crippen molar-refractivity contribution in [3.8, 4) is 0 Å². The second-order valence-corrected chi connectivity index (χ2v) is 7.39. The van der Waals surface area contributed by atoms with Crippen molar-refractivity contribution in [2.45, 2.75) is 56.6 Å². The maximum Gasteiger partial charge on any atom is 0.317 e. The lowest BCUT2D eigenvalue weighted by molar-refractivity contribution is -0.152. The average molecular weight is 371 g/mol. The molecule has 1 aliphatic rings. The summed E-state index contributed by atoms with van der Waals surface area (Å²) in [6.45, 7) is 3.61. The van der Waals surface area contributed by atoms with E-state index in [1.807, 2.05) is 0 Å². The Bertz CT molecular complexity index is 626. The van der Waals surface area contributed by atoms with Gasteiger partial charge in [-0.25, -0.2) is 8.78 Å². The Kier molecular flexibility index (Phi) is 7.23.